The molecule has 7 heteroatoms. The molecular formula is C21H19N5O2. The summed E-state index contributed by atoms with van der Waals surface area (Å²) in [6.45, 7) is 2.04. The molecule has 3 heterocycles. The third-order valence-corrected chi connectivity index (χ3v) is 5.48. The lowest BCUT2D eigenvalue weighted by Crippen LogP contribution is -2.18. The van der Waals surface area contributed by atoms with Crippen molar-refractivity contribution in [3.8, 4) is 0 Å². The molecule has 0 bridgehead atoms. The highest BCUT2D eigenvalue weighted by atomic mass is 16.2. The number of nitrogens with zero attached hydrogens (tertiary/aromatic N) is 2. The van der Waals surface area contributed by atoms with Gasteiger partial charge in [-0.05, 0) is 42.5 Å². The van der Waals surface area contributed by atoms with Crippen molar-refractivity contribution in [3.63, 3.8) is 0 Å². The molecule has 28 heavy (non-hydrogen) atoms. The number of amides is 2. The van der Waals surface area contributed by atoms with Crippen LogP contribution < -0.4 is 10.7 Å². The van der Waals surface area contributed by atoms with E-state index in [0.717, 1.165) is 40.6 Å². The zero-order chi connectivity index (χ0) is 19.3. The number of hydrazone groups is 1. The highest BCUT2D eigenvalue weighted by molar-refractivity contribution is 6.16. The third-order valence-electron chi connectivity index (χ3n) is 5.48. The van der Waals surface area contributed by atoms with E-state index in [2.05, 4.69) is 25.8 Å². The van der Waals surface area contributed by atoms with Gasteiger partial charge in [0.25, 0.3) is 5.91 Å². The second-order valence-electron chi connectivity index (χ2n) is 7.24. The molecule has 2 atom stereocenters. The lowest BCUT2D eigenvalue weighted by molar-refractivity contribution is -0.117. The van der Waals surface area contributed by atoms with Crippen molar-refractivity contribution in [2.24, 2.45) is 11.0 Å². The van der Waals surface area contributed by atoms with Gasteiger partial charge in [0.2, 0.25) is 5.91 Å². The quantitative estimate of drug-likeness (QED) is 0.656. The fourth-order valence-corrected chi connectivity index (χ4v) is 3.98. The Balaban J connectivity index is 1.45. The van der Waals surface area contributed by atoms with Crippen molar-refractivity contribution in [2.45, 2.75) is 25.7 Å². The molecule has 0 saturated heterocycles. The Bertz CT molecular complexity index is 1130. The van der Waals surface area contributed by atoms with Gasteiger partial charge >= 0.3 is 0 Å². The molecule has 1 aliphatic carbocycles. The van der Waals surface area contributed by atoms with Crippen LogP contribution in [-0.4, -0.2) is 28.0 Å². The number of aromatic amines is 1. The van der Waals surface area contributed by atoms with E-state index < -0.39 is 0 Å². The summed E-state index contributed by atoms with van der Waals surface area (Å²) >= 11 is 0. The summed E-state index contributed by atoms with van der Waals surface area (Å²) in [5.41, 5.74) is 7.49. The summed E-state index contributed by atoms with van der Waals surface area (Å²) in [6, 6.07) is 7.50. The fraction of sp³-hybridized carbons (Fsp3) is 0.238. The molecule has 1 fully saturated rings. The highest BCUT2D eigenvalue weighted by Gasteiger charge is 2.44. The lowest BCUT2D eigenvalue weighted by Gasteiger charge is -2.08. The minimum absolute atomic E-state index is 0.0341. The number of rotatable bonds is 4. The first-order chi connectivity index (χ1) is 13.7. The number of hydrogen-bond acceptors (Lipinski definition) is 4. The molecule has 3 aromatic rings. The van der Waals surface area contributed by atoms with Gasteiger partial charge in [0.1, 0.15) is 0 Å². The Labute approximate surface area is 161 Å². The van der Waals surface area contributed by atoms with E-state index in [1.807, 2.05) is 31.3 Å². The van der Waals surface area contributed by atoms with Gasteiger partial charge in [-0.15, -0.1) is 0 Å². The molecule has 0 spiro atoms. The van der Waals surface area contributed by atoms with E-state index in [-0.39, 0.29) is 23.7 Å². The van der Waals surface area contributed by atoms with Crippen molar-refractivity contribution < 1.29 is 9.59 Å². The molecule has 2 unspecified atom stereocenters. The number of benzene rings is 1. The predicted molar refractivity (Wildman–Crippen MR) is 106 cm³/mol. The van der Waals surface area contributed by atoms with Crippen molar-refractivity contribution >= 4 is 34.6 Å². The Morgan fingerprint density at radius 1 is 1.36 bits per heavy atom. The van der Waals surface area contributed by atoms with Crippen molar-refractivity contribution in [1.29, 1.82) is 0 Å². The SMILES string of the molecule is CCc1[nH]c2cc(NC(=O)C3CC3c3cccnc3)cc3c2c1C=NNC3=O. The fourth-order valence-electron chi connectivity index (χ4n) is 3.98. The van der Waals surface area contributed by atoms with Gasteiger partial charge in [0.15, 0.2) is 0 Å². The van der Waals surface area contributed by atoms with E-state index in [9.17, 15) is 9.59 Å². The smallest absolute Gasteiger partial charge is 0.272 e. The Morgan fingerprint density at radius 2 is 2.25 bits per heavy atom. The summed E-state index contributed by atoms with van der Waals surface area (Å²) in [4.78, 5) is 32.7. The molecule has 1 aromatic carbocycles. The monoisotopic (exact) mass is 373 g/mol. The van der Waals surface area contributed by atoms with E-state index in [0.29, 0.717) is 11.3 Å². The number of aromatic nitrogens is 2. The van der Waals surface area contributed by atoms with Crippen LogP contribution in [-0.2, 0) is 11.2 Å². The van der Waals surface area contributed by atoms with Crippen LogP contribution in [0.3, 0.4) is 0 Å². The number of H-pyrrole nitrogens is 1. The number of aryl methyl sites for hydroxylation is 1. The van der Waals surface area contributed by atoms with Gasteiger partial charge in [-0.2, -0.15) is 5.10 Å². The summed E-state index contributed by atoms with van der Waals surface area (Å²) in [5.74, 6) is -0.174. The minimum atomic E-state index is -0.280. The maximum absolute atomic E-state index is 12.7. The lowest BCUT2D eigenvalue weighted by atomic mass is 10.0. The van der Waals surface area contributed by atoms with Crippen LogP contribution in [0.1, 0.15) is 46.4 Å². The first kappa shape index (κ1) is 16.7. The van der Waals surface area contributed by atoms with Crippen LogP contribution in [0.2, 0.25) is 0 Å². The Kier molecular flexibility index (Phi) is 3.75. The molecule has 5 rings (SSSR count). The molecule has 3 N–H and O–H groups in total. The van der Waals surface area contributed by atoms with Crippen molar-refractivity contribution in [1.82, 2.24) is 15.4 Å². The van der Waals surface area contributed by atoms with E-state index >= 15 is 0 Å². The van der Waals surface area contributed by atoms with E-state index in [4.69, 9.17) is 0 Å². The topological polar surface area (TPSA) is 99.2 Å². The van der Waals surface area contributed by atoms with Crippen LogP contribution in [0.15, 0.2) is 41.8 Å². The predicted octanol–water partition coefficient (Wildman–Crippen LogP) is 2.94. The van der Waals surface area contributed by atoms with Gasteiger partial charge in [0, 0.05) is 46.2 Å². The second kappa shape index (κ2) is 6.30. The van der Waals surface area contributed by atoms with Crippen LogP contribution >= 0.6 is 0 Å². The van der Waals surface area contributed by atoms with E-state index in [1.54, 1.807) is 18.5 Å². The van der Waals surface area contributed by atoms with Gasteiger partial charge in [-0.1, -0.05) is 13.0 Å². The number of anilines is 1. The summed E-state index contributed by atoms with van der Waals surface area (Å²) < 4.78 is 0. The standard InChI is InChI=1S/C21H19N5O2/c1-2-17-16-10-23-26-21(28)15-6-12(7-18(25-17)19(15)16)24-20(27)14-8-13(14)11-4-3-5-22-9-11/h3-7,9-10,13-14,25H,2,8H2,1H3,(H,24,27)(H,26,28). The van der Waals surface area contributed by atoms with E-state index in [1.165, 1.54) is 0 Å². The highest BCUT2D eigenvalue weighted by Crippen LogP contribution is 2.47. The third kappa shape index (κ3) is 2.67. The van der Waals surface area contributed by atoms with Crippen molar-refractivity contribution in [3.05, 3.63) is 59.0 Å². The van der Waals surface area contributed by atoms with Crippen LogP contribution in [0.4, 0.5) is 5.69 Å². The molecule has 2 amide bonds. The number of carbonyl (C=O) groups excluding carboxylic acids is 2. The Hall–Kier alpha value is -3.48. The number of carbonyl (C=O) groups is 2. The number of pyridine rings is 1. The molecule has 1 aliphatic heterocycles. The average Bonchev–Trinajstić information content (AvgIpc) is 3.46. The largest absolute Gasteiger partial charge is 0.358 e. The maximum atomic E-state index is 12.7. The number of hydrogen-bond donors (Lipinski definition) is 3. The molecular weight excluding hydrogens is 354 g/mol. The molecule has 1 saturated carbocycles. The molecule has 140 valence electrons. The molecule has 2 aromatic heterocycles. The molecule has 0 radical (unpaired) electrons. The van der Waals surface area contributed by atoms with Gasteiger partial charge in [-0.3, -0.25) is 14.6 Å². The molecule has 2 aliphatic rings. The number of nitrogens with one attached hydrogen (secondary N) is 3. The summed E-state index contributed by atoms with van der Waals surface area (Å²) in [5, 5.41) is 7.83. The summed E-state index contributed by atoms with van der Waals surface area (Å²) in [7, 11) is 0. The van der Waals surface area contributed by atoms with Gasteiger partial charge in [-0.25, -0.2) is 5.43 Å². The minimum Gasteiger partial charge on any atom is -0.358 e. The maximum Gasteiger partial charge on any atom is 0.272 e. The van der Waals surface area contributed by atoms with Crippen molar-refractivity contribution in [2.75, 3.05) is 5.32 Å². The zero-order valence-corrected chi connectivity index (χ0v) is 15.3. The van der Waals surface area contributed by atoms with Crippen LogP contribution in [0.25, 0.3) is 10.9 Å². The Morgan fingerprint density at radius 3 is 3.04 bits per heavy atom. The van der Waals surface area contributed by atoms with Crippen LogP contribution in [0.5, 0.6) is 0 Å². The summed E-state index contributed by atoms with van der Waals surface area (Å²) in [6.07, 6.45) is 6.82. The molecule has 7 nitrogen and oxygen atoms in total. The van der Waals surface area contributed by atoms with Gasteiger partial charge < -0.3 is 10.3 Å². The zero-order valence-electron chi connectivity index (χ0n) is 15.3. The second-order valence-corrected chi connectivity index (χ2v) is 7.24. The van der Waals surface area contributed by atoms with Gasteiger partial charge in [0.05, 0.1) is 11.8 Å². The average molecular weight is 373 g/mol. The van der Waals surface area contributed by atoms with Crippen LogP contribution in [0, 0.1) is 5.92 Å². The first-order valence-electron chi connectivity index (χ1n) is 9.38. The normalized spacial score (nSPS) is 20.0. The first-order valence-corrected chi connectivity index (χ1v) is 9.38.